The number of amides is 1. The SMILES string of the molecule is CC=CN1C(=O)CCC1C(=O)C(C)CC. The molecule has 1 aliphatic rings. The molecule has 0 saturated carbocycles. The molecule has 0 N–H and O–H groups in total. The molecule has 0 aromatic heterocycles. The zero-order valence-corrected chi connectivity index (χ0v) is 9.69. The Morgan fingerprint density at radius 3 is 2.87 bits per heavy atom. The van der Waals surface area contributed by atoms with Crippen LogP contribution >= 0.6 is 0 Å². The fraction of sp³-hybridized carbons (Fsp3) is 0.667. The molecule has 3 nitrogen and oxygen atoms in total. The molecule has 0 spiro atoms. The number of carbonyl (C=O) groups excluding carboxylic acids is 2. The Labute approximate surface area is 91.1 Å². The van der Waals surface area contributed by atoms with Crippen LogP contribution in [0, 0.1) is 5.92 Å². The molecule has 1 fully saturated rings. The van der Waals surface area contributed by atoms with Crippen LogP contribution in [0.2, 0.25) is 0 Å². The molecule has 3 heteroatoms. The van der Waals surface area contributed by atoms with Crippen molar-refractivity contribution >= 4 is 11.7 Å². The first-order valence-electron chi connectivity index (χ1n) is 5.59. The largest absolute Gasteiger partial charge is 0.309 e. The molecule has 1 heterocycles. The zero-order chi connectivity index (χ0) is 11.4. The van der Waals surface area contributed by atoms with Gasteiger partial charge < -0.3 is 4.90 Å². The van der Waals surface area contributed by atoms with E-state index in [1.54, 1.807) is 17.2 Å². The number of hydrogen-bond acceptors (Lipinski definition) is 2. The van der Waals surface area contributed by atoms with E-state index in [-0.39, 0.29) is 23.7 Å². The molecule has 1 aliphatic heterocycles. The van der Waals surface area contributed by atoms with Crippen LogP contribution in [-0.4, -0.2) is 22.6 Å². The second kappa shape index (κ2) is 5.10. The van der Waals surface area contributed by atoms with Crippen molar-refractivity contribution in [2.24, 2.45) is 5.92 Å². The second-order valence-electron chi connectivity index (χ2n) is 4.05. The van der Waals surface area contributed by atoms with Gasteiger partial charge in [-0.2, -0.15) is 0 Å². The summed E-state index contributed by atoms with van der Waals surface area (Å²) in [6.07, 6.45) is 5.54. The Kier molecular flexibility index (Phi) is 4.06. The van der Waals surface area contributed by atoms with Crippen LogP contribution in [-0.2, 0) is 9.59 Å². The standard InChI is InChI=1S/C12H19NO2/c1-4-8-13-10(6-7-11(13)14)12(15)9(3)5-2/h4,8-10H,5-7H2,1-3H3. The summed E-state index contributed by atoms with van der Waals surface area (Å²) in [5.74, 6) is 0.310. The Morgan fingerprint density at radius 1 is 1.67 bits per heavy atom. The van der Waals surface area contributed by atoms with Crippen molar-refractivity contribution in [3.05, 3.63) is 12.3 Å². The van der Waals surface area contributed by atoms with Crippen molar-refractivity contribution in [1.82, 2.24) is 4.90 Å². The maximum atomic E-state index is 12.0. The van der Waals surface area contributed by atoms with E-state index >= 15 is 0 Å². The number of likely N-dealkylation sites (tertiary alicyclic amines) is 1. The first-order chi connectivity index (χ1) is 7.11. The van der Waals surface area contributed by atoms with E-state index in [1.165, 1.54) is 0 Å². The third-order valence-electron chi connectivity index (χ3n) is 2.99. The number of rotatable bonds is 4. The highest BCUT2D eigenvalue weighted by molar-refractivity contribution is 5.93. The second-order valence-corrected chi connectivity index (χ2v) is 4.05. The minimum Gasteiger partial charge on any atom is -0.309 e. The average Bonchev–Trinajstić information content (AvgIpc) is 2.59. The van der Waals surface area contributed by atoms with Crippen LogP contribution in [0.15, 0.2) is 12.3 Å². The summed E-state index contributed by atoms with van der Waals surface area (Å²) in [6.45, 7) is 5.79. The van der Waals surface area contributed by atoms with Crippen LogP contribution in [0.5, 0.6) is 0 Å². The summed E-state index contributed by atoms with van der Waals surface area (Å²) in [7, 11) is 0. The summed E-state index contributed by atoms with van der Waals surface area (Å²) < 4.78 is 0. The van der Waals surface area contributed by atoms with E-state index in [1.807, 2.05) is 20.8 Å². The van der Waals surface area contributed by atoms with Crippen molar-refractivity contribution in [3.8, 4) is 0 Å². The van der Waals surface area contributed by atoms with Gasteiger partial charge in [-0.1, -0.05) is 19.9 Å². The van der Waals surface area contributed by atoms with Crippen LogP contribution in [0.3, 0.4) is 0 Å². The predicted octanol–water partition coefficient (Wildman–Crippen LogP) is 2.13. The molecule has 2 unspecified atom stereocenters. The van der Waals surface area contributed by atoms with E-state index in [2.05, 4.69) is 0 Å². The van der Waals surface area contributed by atoms with Gasteiger partial charge in [-0.25, -0.2) is 0 Å². The maximum Gasteiger partial charge on any atom is 0.227 e. The third kappa shape index (κ3) is 2.46. The maximum absolute atomic E-state index is 12.0. The minimum atomic E-state index is -0.219. The first-order valence-corrected chi connectivity index (χ1v) is 5.59. The first kappa shape index (κ1) is 12.0. The number of carbonyl (C=O) groups is 2. The van der Waals surface area contributed by atoms with Gasteiger partial charge in [0, 0.05) is 18.5 Å². The van der Waals surface area contributed by atoms with Gasteiger partial charge in [0.2, 0.25) is 5.91 Å². The van der Waals surface area contributed by atoms with Gasteiger partial charge in [0.1, 0.15) is 0 Å². The molecule has 84 valence electrons. The summed E-state index contributed by atoms with van der Waals surface area (Å²) in [5, 5.41) is 0. The molecular weight excluding hydrogens is 190 g/mol. The molecule has 0 aromatic carbocycles. The topological polar surface area (TPSA) is 37.4 Å². The monoisotopic (exact) mass is 209 g/mol. The molecule has 1 amide bonds. The Balaban J connectivity index is 2.77. The average molecular weight is 209 g/mol. The van der Waals surface area contributed by atoms with E-state index in [0.29, 0.717) is 12.8 Å². The van der Waals surface area contributed by atoms with Gasteiger partial charge in [0.25, 0.3) is 0 Å². The summed E-state index contributed by atoms with van der Waals surface area (Å²) in [6, 6.07) is -0.219. The third-order valence-corrected chi connectivity index (χ3v) is 2.99. The molecule has 2 atom stereocenters. The lowest BCUT2D eigenvalue weighted by atomic mass is 9.96. The Hall–Kier alpha value is -1.12. The minimum absolute atomic E-state index is 0.0497. The summed E-state index contributed by atoms with van der Waals surface area (Å²) in [5.41, 5.74) is 0. The highest BCUT2D eigenvalue weighted by atomic mass is 16.2. The quantitative estimate of drug-likeness (QED) is 0.711. The van der Waals surface area contributed by atoms with E-state index in [0.717, 1.165) is 6.42 Å². The Bertz CT molecular complexity index is 283. The lowest BCUT2D eigenvalue weighted by Gasteiger charge is -2.22. The van der Waals surface area contributed by atoms with Crippen LogP contribution in [0.4, 0.5) is 0 Å². The molecule has 1 saturated heterocycles. The van der Waals surface area contributed by atoms with Crippen LogP contribution < -0.4 is 0 Å². The van der Waals surface area contributed by atoms with E-state index < -0.39 is 0 Å². The van der Waals surface area contributed by atoms with E-state index in [9.17, 15) is 9.59 Å². The highest BCUT2D eigenvalue weighted by Crippen LogP contribution is 2.23. The predicted molar refractivity (Wildman–Crippen MR) is 59.1 cm³/mol. The van der Waals surface area contributed by atoms with Gasteiger partial charge in [0.05, 0.1) is 6.04 Å². The van der Waals surface area contributed by atoms with Gasteiger partial charge in [-0.05, 0) is 19.8 Å². The van der Waals surface area contributed by atoms with Gasteiger partial charge in [-0.3, -0.25) is 9.59 Å². The molecule has 0 bridgehead atoms. The van der Waals surface area contributed by atoms with Gasteiger partial charge in [0.15, 0.2) is 5.78 Å². The Morgan fingerprint density at radius 2 is 2.33 bits per heavy atom. The van der Waals surface area contributed by atoms with Crippen molar-refractivity contribution in [1.29, 1.82) is 0 Å². The smallest absolute Gasteiger partial charge is 0.227 e. The summed E-state index contributed by atoms with van der Waals surface area (Å²) in [4.78, 5) is 25.1. The fourth-order valence-electron chi connectivity index (χ4n) is 1.86. The number of Topliss-reactive ketones (excluding diaryl/α,β-unsaturated/α-hetero) is 1. The normalized spacial score (nSPS) is 23.8. The van der Waals surface area contributed by atoms with Crippen molar-refractivity contribution in [2.45, 2.75) is 46.1 Å². The van der Waals surface area contributed by atoms with Crippen molar-refractivity contribution in [2.75, 3.05) is 0 Å². The van der Waals surface area contributed by atoms with Gasteiger partial charge in [-0.15, -0.1) is 0 Å². The van der Waals surface area contributed by atoms with Crippen molar-refractivity contribution in [3.63, 3.8) is 0 Å². The fourth-order valence-corrected chi connectivity index (χ4v) is 1.86. The van der Waals surface area contributed by atoms with Crippen LogP contribution in [0.25, 0.3) is 0 Å². The van der Waals surface area contributed by atoms with Gasteiger partial charge >= 0.3 is 0 Å². The molecule has 0 radical (unpaired) electrons. The van der Waals surface area contributed by atoms with Crippen LogP contribution in [0.1, 0.15) is 40.0 Å². The van der Waals surface area contributed by atoms with Crippen molar-refractivity contribution < 1.29 is 9.59 Å². The lowest BCUT2D eigenvalue weighted by Crippen LogP contribution is -2.37. The molecule has 15 heavy (non-hydrogen) atoms. The molecular formula is C12H19NO2. The highest BCUT2D eigenvalue weighted by Gasteiger charge is 2.35. The van der Waals surface area contributed by atoms with E-state index in [4.69, 9.17) is 0 Å². The lowest BCUT2D eigenvalue weighted by molar-refractivity contribution is -0.133. The molecule has 1 rings (SSSR count). The number of hydrogen-bond donors (Lipinski definition) is 0. The molecule has 0 aliphatic carbocycles. The summed E-state index contributed by atoms with van der Waals surface area (Å²) >= 11 is 0. The number of allylic oxidation sites excluding steroid dienone is 1. The number of nitrogens with zero attached hydrogens (tertiary/aromatic N) is 1. The zero-order valence-electron chi connectivity index (χ0n) is 9.69. The number of ketones is 1. The molecule has 0 aromatic rings.